The fourth-order valence-electron chi connectivity index (χ4n) is 2.89. The van der Waals surface area contributed by atoms with Crippen molar-refractivity contribution in [3.05, 3.63) is 46.5 Å². The molecule has 0 spiro atoms. The van der Waals surface area contributed by atoms with Crippen LogP contribution in [0.1, 0.15) is 18.1 Å². The van der Waals surface area contributed by atoms with Crippen molar-refractivity contribution in [2.45, 2.75) is 27.0 Å². The summed E-state index contributed by atoms with van der Waals surface area (Å²) in [4.78, 5) is 0. The Morgan fingerprint density at radius 3 is 2.58 bits per heavy atom. The second kappa shape index (κ2) is 4.55. The second-order valence-corrected chi connectivity index (χ2v) is 5.24. The molecule has 0 saturated carbocycles. The lowest BCUT2D eigenvalue weighted by molar-refractivity contribution is 0.281. The van der Waals surface area contributed by atoms with E-state index < -0.39 is 0 Å². The van der Waals surface area contributed by atoms with Gasteiger partial charge in [-0.15, -0.1) is 0 Å². The Morgan fingerprint density at radius 1 is 1.16 bits per heavy atom. The molecule has 2 nitrogen and oxygen atoms in total. The van der Waals surface area contributed by atoms with Crippen LogP contribution in [0.25, 0.3) is 21.8 Å². The van der Waals surface area contributed by atoms with E-state index in [-0.39, 0.29) is 6.61 Å². The summed E-state index contributed by atoms with van der Waals surface area (Å²) >= 11 is 6.14. The molecule has 0 amide bonds. The molecule has 3 rings (SSSR count). The average Bonchev–Trinajstić information content (AvgIpc) is 2.72. The lowest BCUT2D eigenvalue weighted by atomic mass is 10.0. The Morgan fingerprint density at radius 2 is 1.89 bits per heavy atom. The number of aliphatic hydroxyl groups excluding tert-OH is 1. The van der Waals surface area contributed by atoms with Crippen LogP contribution in [0.3, 0.4) is 0 Å². The molecule has 0 aliphatic carbocycles. The quantitative estimate of drug-likeness (QED) is 0.741. The number of hydrogen-bond acceptors (Lipinski definition) is 1. The molecule has 1 N–H and O–H groups in total. The molecular weight excluding hydrogens is 258 g/mol. The summed E-state index contributed by atoms with van der Waals surface area (Å²) in [5, 5.41) is 12.5. The summed E-state index contributed by atoms with van der Waals surface area (Å²) in [7, 11) is 0. The SMILES string of the molecule is CCn1c2ccc(Cl)cc2c2c(C)c(CO)ccc21. The molecular formula is C16H16ClNO. The summed E-state index contributed by atoms with van der Waals surface area (Å²) in [6.45, 7) is 5.19. The Bertz CT molecular complexity index is 773. The molecule has 2 aromatic carbocycles. The Balaban J connectivity index is 2.56. The number of hydrogen-bond donors (Lipinski definition) is 1. The molecule has 0 fully saturated rings. The van der Waals surface area contributed by atoms with E-state index in [0.717, 1.165) is 28.1 Å². The van der Waals surface area contributed by atoms with Crippen molar-refractivity contribution in [1.29, 1.82) is 0 Å². The third-order valence-electron chi connectivity index (χ3n) is 3.85. The van der Waals surface area contributed by atoms with Crippen LogP contribution in [0.4, 0.5) is 0 Å². The standard InChI is InChI=1S/C16H16ClNO/c1-3-18-14-7-5-12(17)8-13(14)16-10(2)11(9-19)4-6-15(16)18/h4-8,19H,3,9H2,1-2H3. The zero-order chi connectivity index (χ0) is 13.6. The number of halogens is 1. The topological polar surface area (TPSA) is 25.2 Å². The number of benzene rings is 2. The van der Waals surface area contributed by atoms with Crippen molar-refractivity contribution < 1.29 is 5.11 Å². The van der Waals surface area contributed by atoms with E-state index >= 15 is 0 Å². The van der Waals surface area contributed by atoms with Gasteiger partial charge >= 0.3 is 0 Å². The first kappa shape index (κ1) is 12.5. The van der Waals surface area contributed by atoms with E-state index in [0.29, 0.717) is 0 Å². The number of aryl methyl sites for hydroxylation is 2. The zero-order valence-electron chi connectivity index (χ0n) is 11.1. The highest BCUT2D eigenvalue weighted by atomic mass is 35.5. The van der Waals surface area contributed by atoms with Gasteiger partial charge in [-0.1, -0.05) is 17.7 Å². The molecule has 3 heteroatoms. The zero-order valence-corrected chi connectivity index (χ0v) is 11.8. The molecule has 98 valence electrons. The van der Waals surface area contributed by atoms with Gasteiger partial charge in [0.2, 0.25) is 0 Å². The fourth-order valence-corrected chi connectivity index (χ4v) is 3.06. The highest BCUT2D eigenvalue weighted by Crippen LogP contribution is 2.34. The normalized spacial score (nSPS) is 11.6. The van der Waals surface area contributed by atoms with Gasteiger partial charge in [-0.05, 0) is 49.2 Å². The Hall–Kier alpha value is -1.51. The van der Waals surface area contributed by atoms with E-state index in [1.165, 1.54) is 16.4 Å². The van der Waals surface area contributed by atoms with Crippen molar-refractivity contribution in [2.75, 3.05) is 0 Å². The van der Waals surface area contributed by atoms with Gasteiger partial charge in [0.15, 0.2) is 0 Å². The van der Waals surface area contributed by atoms with Crippen molar-refractivity contribution in [2.24, 2.45) is 0 Å². The first-order chi connectivity index (χ1) is 9.17. The maximum absolute atomic E-state index is 9.44. The highest BCUT2D eigenvalue weighted by Gasteiger charge is 2.13. The van der Waals surface area contributed by atoms with Crippen molar-refractivity contribution in [1.82, 2.24) is 4.57 Å². The number of aliphatic hydroxyl groups is 1. The van der Waals surface area contributed by atoms with Gasteiger partial charge in [0, 0.05) is 33.4 Å². The van der Waals surface area contributed by atoms with Crippen molar-refractivity contribution >= 4 is 33.4 Å². The van der Waals surface area contributed by atoms with Crippen molar-refractivity contribution in [3.8, 4) is 0 Å². The van der Waals surface area contributed by atoms with Gasteiger partial charge in [-0.25, -0.2) is 0 Å². The minimum absolute atomic E-state index is 0.0706. The summed E-state index contributed by atoms with van der Waals surface area (Å²) in [6.07, 6.45) is 0. The van der Waals surface area contributed by atoms with E-state index in [1.807, 2.05) is 18.2 Å². The maximum atomic E-state index is 9.44. The number of aromatic nitrogens is 1. The van der Waals surface area contributed by atoms with E-state index in [1.54, 1.807) is 0 Å². The Kier molecular flexibility index (Phi) is 3.00. The van der Waals surface area contributed by atoms with E-state index in [2.05, 4.69) is 30.5 Å². The fraction of sp³-hybridized carbons (Fsp3) is 0.250. The Labute approximate surface area is 117 Å². The van der Waals surface area contributed by atoms with Crippen LogP contribution in [0, 0.1) is 6.92 Å². The molecule has 0 atom stereocenters. The predicted octanol–water partition coefficient (Wildman–Crippen LogP) is 4.27. The predicted molar refractivity (Wildman–Crippen MR) is 80.8 cm³/mol. The summed E-state index contributed by atoms with van der Waals surface area (Å²) in [6, 6.07) is 10.1. The first-order valence-electron chi connectivity index (χ1n) is 6.48. The first-order valence-corrected chi connectivity index (χ1v) is 6.86. The van der Waals surface area contributed by atoms with Crippen LogP contribution < -0.4 is 0 Å². The third kappa shape index (κ3) is 1.75. The van der Waals surface area contributed by atoms with Gasteiger partial charge in [0.25, 0.3) is 0 Å². The summed E-state index contributed by atoms with van der Waals surface area (Å²) in [5.74, 6) is 0. The van der Waals surface area contributed by atoms with Gasteiger partial charge in [-0.3, -0.25) is 0 Å². The molecule has 1 heterocycles. The largest absolute Gasteiger partial charge is 0.392 e. The molecule has 19 heavy (non-hydrogen) atoms. The molecule has 0 unspecified atom stereocenters. The second-order valence-electron chi connectivity index (χ2n) is 4.81. The molecule has 0 aliphatic heterocycles. The van der Waals surface area contributed by atoms with Crippen LogP contribution >= 0.6 is 11.6 Å². The third-order valence-corrected chi connectivity index (χ3v) is 4.09. The van der Waals surface area contributed by atoms with Crippen LogP contribution in [-0.2, 0) is 13.2 Å². The van der Waals surface area contributed by atoms with Gasteiger partial charge in [0.1, 0.15) is 0 Å². The van der Waals surface area contributed by atoms with Crippen LogP contribution in [0.2, 0.25) is 5.02 Å². The number of nitrogens with zero attached hydrogens (tertiary/aromatic N) is 1. The molecule has 0 aliphatic rings. The maximum Gasteiger partial charge on any atom is 0.0684 e. The lowest BCUT2D eigenvalue weighted by Crippen LogP contribution is -1.94. The minimum atomic E-state index is 0.0706. The van der Waals surface area contributed by atoms with Crippen LogP contribution in [-0.4, -0.2) is 9.67 Å². The summed E-state index contributed by atoms with van der Waals surface area (Å²) < 4.78 is 2.29. The van der Waals surface area contributed by atoms with Crippen LogP contribution in [0.15, 0.2) is 30.3 Å². The van der Waals surface area contributed by atoms with Gasteiger partial charge in [0.05, 0.1) is 6.61 Å². The molecule has 3 aromatic rings. The lowest BCUT2D eigenvalue weighted by Gasteiger charge is -2.06. The molecule has 0 saturated heterocycles. The van der Waals surface area contributed by atoms with Gasteiger partial charge in [-0.2, -0.15) is 0 Å². The highest BCUT2D eigenvalue weighted by molar-refractivity contribution is 6.32. The van der Waals surface area contributed by atoms with E-state index in [9.17, 15) is 5.11 Å². The van der Waals surface area contributed by atoms with Crippen LogP contribution in [0.5, 0.6) is 0 Å². The molecule has 0 radical (unpaired) electrons. The van der Waals surface area contributed by atoms with Crippen molar-refractivity contribution in [3.63, 3.8) is 0 Å². The van der Waals surface area contributed by atoms with Gasteiger partial charge < -0.3 is 9.67 Å². The van der Waals surface area contributed by atoms with E-state index in [4.69, 9.17) is 11.6 Å². The molecule has 1 aromatic heterocycles. The molecule has 0 bridgehead atoms. The monoisotopic (exact) mass is 273 g/mol. The average molecular weight is 274 g/mol. The minimum Gasteiger partial charge on any atom is -0.392 e. The number of fused-ring (bicyclic) bond motifs is 3. The number of rotatable bonds is 2. The summed E-state index contributed by atoms with van der Waals surface area (Å²) in [5.41, 5.74) is 4.51. The smallest absolute Gasteiger partial charge is 0.0684 e.